The molecule has 2 N–H and O–H groups in total. The standard InChI is InChI=1S/C20H17N5O3S/c1-13-2-5-18(12-21-13)29(27,28)17-6-3-14(4-7-17)9-23-20(26)16-8-15-11-24-25-19(15)22-10-16/h2-8,10-12H,9H2,1H3,(H,23,26)(H,22,24,25). The molecule has 1 amide bonds. The SMILES string of the molecule is Cc1ccc(S(=O)(=O)c2ccc(CNC(=O)c3cnc4[nH]ncc4c3)cc2)cn1. The van der Waals surface area contributed by atoms with Crippen LogP contribution < -0.4 is 5.32 Å². The van der Waals surface area contributed by atoms with Crippen LogP contribution >= 0.6 is 0 Å². The summed E-state index contributed by atoms with van der Waals surface area (Å²) in [7, 11) is -3.63. The molecule has 0 aliphatic heterocycles. The molecule has 4 aromatic rings. The molecule has 0 aliphatic rings. The van der Waals surface area contributed by atoms with Gasteiger partial charge in [-0.15, -0.1) is 0 Å². The second kappa shape index (κ2) is 7.44. The molecule has 146 valence electrons. The number of aromatic amines is 1. The van der Waals surface area contributed by atoms with Gasteiger partial charge in [0.05, 0.1) is 21.6 Å². The molecular formula is C20H17N5O3S. The van der Waals surface area contributed by atoms with E-state index < -0.39 is 9.84 Å². The van der Waals surface area contributed by atoms with Crippen molar-refractivity contribution in [2.45, 2.75) is 23.3 Å². The van der Waals surface area contributed by atoms with Crippen LogP contribution in [0.25, 0.3) is 11.0 Å². The summed E-state index contributed by atoms with van der Waals surface area (Å²) in [5.41, 5.74) is 2.56. The summed E-state index contributed by atoms with van der Waals surface area (Å²) in [6.07, 6.45) is 4.42. The first kappa shape index (κ1) is 18.8. The minimum Gasteiger partial charge on any atom is -0.348 e. The van der Waals surface area contributed by atoms with Gasteiger partial charge in [0, 0.05) is 30.0 Å². The van der Waals surface area contributed by atoms with E-state index in [9.17, 15) is 13.2 Å². The number of carbonyl (C=O) groups is 1. The molecular weight excluding hydrogens is 390 g/mol. The first-order valence-electron chi connectivity index (χ1n) is 8.77. The Balaban J connectivity index is 1.45. The van der Waals surface area contributed by atoms with Crippen LogP contribution in [0.15, 0.2) is 70.8 Å². The highest BCUT2D eigenvalue weighted by atomic mass is 32.2. The Hall–Kier alpha value is -3.59. The number of nitrogens with one attached hydrogen (secondary N) is 2. The maximum atomic E-state index is 12.7. The lowest BCUT2D eigenvalue weighted by Crippen LogP contribution is -2.22. The molecule has 0 aliphatic carbocycles. The van der Waals surface area contributed by atoms with E-state index >= 15 is 0 Å². The van der Waals surface area contributed by atoms with Crippen molar-refractivity contribution < 1.29 is 13.2 Å². The monoisotopic (exact) mass is 407 g/mol. The van der Waals surface area contributed by atoms with Crippen molar-refractivity contribution in [1.82, 2.24) is 25.5 Å². The highest BCUT2D eigenvalue weighted by Crippen LogP contribution is 2.20. The smallest absolute Gasteiger partial charge is 0.253 e. The Morgan fingerprint density at radius 2 is 1.76 bits per heavy atom. The van der Waals surface area contributed by atoms with E-state index in [0.717, 1.165) is 16.6 Å². The summed E-state index contributed by atoms with van der Waals surface area (Å²) < 4.78 is 25.3. The van der Waals surface area contributed by atoms with Crippen LogP contribution in [0.1, 0.15) is 21.6 Å². The molecule has 9 heteroatoms. The maximum Gasteiger partial charge on any atom is 0.253 e. The number of aryl methyl sites for hydroxylation is 1. The van der Waals surface area contributed by atoms with Gasteiger partial charge in [0.15, 0.2) is 5.65 Å². The third kappa shape index (κ3) is 3.85. The van der Waals surface area contributed by atoms with Gasteiger partial charge in [0.25, 0.3) is 5.91 Å². The fourth-order valence-corrected chi connectivity index (χ4v) is 3.99. The van der Waals surface area contributed by atoms with Crippen LogP contribution in [0.2, 0.25) is 0 Å². The predicted molar refractivity (Wildman–Crippen MR) is 106 cm³/mol. The lowest BCUT2D eigenvalue weighted by atomic mass is 10.2. The van der Waals surface area contributed by atoms with Gasteiger partial charge in [-0.2, -0.15) is 5.10 Å². The molecule has 0 radical (unpaired) electrons. The Morgan fingerprint density at radius 3 is 2.48 bits per heavy atom. The van der Waals surface area contributed by atoms with Crippen molar-refractivity contribution >= 4 is 26.8 Å². The number of nitrogens with zero attached hydrogens (tertiary/aromatic N) is 3. The summed E-state index contributed by atoms with van der Waals surface area (Å²) in [6, 6.07) is 11.3. The summed E-state index contributed by atoms with van der Waals surface area (Å²) in [6.45, 7) is 2.05. The number of fused-ring (bicyclic) bond motifs is 1. The zero-order valence-corrected chi connectivity index (χ0v) is 16.3. The fraction of sp³-hybridized carbons (Fsp3) is 0.100. The van der Waals surface area contributed by atoms with Crippen molar-refractivity contribution in [3.8, 4) is 0 Å². The number of aromatic nitrogens is 4. The summed E-state index contributed by atoms with van der Waals surface area (Å²) >= 11 is 0. The first-order valence-corrected chi connectivity index (χ1v) is 10.3. The van der Waals surface area contributed by atoms with E-state index in [1.165, 1.54) is 30.6 Å². The van der Waals surface area contributed by atoms with Crippen LogP contribution in [-0.2, 0) is 16.4 Å². The first-order chi connectivity index (χ1) is 13.9. The number of carbonyl (C=O) groups excluding carboxylic acids is 1. The van der Waals surface area contributed by atoms with Gasteiger partial charge >= 0.3 is 0 Å². The molecule has 0 fully saturated rings. The van der Waals surface area contributed by atoms with Crippen molar-refractivity contribution in [1.29, 1.82) is 0 Å². The zero-order chi connectivity index (χ0) is 20.4. The number of rotatable bonds is 5. The number of hydrogen-bond donors (Lipinski definition) is 2. The lowest BCUT2D eigenvalue weighted by molar-refractivity contribution is 0.0950. The average molecular weight is 407 g/mol. The van der Waals surface area contributed by atoms with Crippen LogP contribution in [-0.4, -0.2) is 34.5 Å². The van der Waals surface area contributed by atoms with Crippen molar-refractivity contribution in [3.05, 3.63) is 77.9 Å². The third-order valence-corrected chi connectivity index (χ3v) is 6.19. The summed E-state index contributed by atoms with van der Waals surface area (Å²) in [5.74, 6) is -0.275. The van der Waals surface area contributed by atoms with Crippen LogP contribution in [0.3, 0.4) is 0 Å². The second-order valence-corrected chi connectivity index (χ2v) is 8.45. The van der Waals surface area contributed by atoms with E-state index in [1.807, 2.05) is 0 Å². The minimum absolute atomic E-state index is 0.145. The van der Waals surface area contributed by atoms with Gasteiger partial charge in [0.1, 0.15) is 0 Å². The van der Waals surface area contributed by atoms with E-state index in [0.29, 0.717) is 11.2 Å². The molecule has 0 saturated heterocycles. The molecule has 0 atom stereocenters. The highest BCUT2D eigenvalue weighted by Gasteiger charge is 2.18. The maximum absolute atomic E-state index is 12.7. The van der Waals surface area contributed by atoms with Gasteiger partial charge in [-0.05, 0) is 42.8 Å². The summed E-state index contributed by atoms with van der Waals surface area (Å²) in [5, 5.41) is 10.2. The van der Waals surface area contributed by atoms with Gasteiger partial charge in [-0.25, -0.2) is 13.4 Å². The molecule has 1 aromatic carbocycles. The van der Waals surface area contributed by atoms with Crippen LogP contribution in [0.5, 0.6) is 0 Å². The lowest BCUT2D eigenvalue weighted by Gasteiger charge is -2.08. The van der Waals surface area contributed by atoms with E-state index in [-0.39, 0.29) is 22.2 Å². The molecule has 29 heavy (non-hydrogen) atoms. The molecule has 3 heterocycles. The van der Waals surface area contributed by atoms with Crippen LogP contribution in [0.4, 0.5) is 0 Å². The predicted octanol–water partition coefficient (Wildman–Crippen LogP) is 2.42. The van der Waals surface area contributed by atoms with E-state index in [2.05, 4.69) is 25.5 Å². The summed E-state index contributed by atoms with van der Waals surface area (Å²) in [4.78, 5) is 20.8. The average Bonchev–Trinajstić information content (AvgIpc) is 3.20. The number of sulfone groups is 1. The van der Waals surface area contributed by atoms with E-state index in [1.54, 1.807) is 37.4 Å². The molecule has 0 spiro atoms. The molecule has 3 aromatic heterocycles. The van der Waals surface area contributed by atoms with Crippen LogP contribution in [0, 0.1) is 6.92 Å². The van der Waals surface area contributed by atoms with Crippen molar-refractivity contribution in [3.63, 3.8) is 0 Å². The molecule has 0 unspecified atom stereocenters. The van der Waals surface area contributed by atoms with Gasteiger partial charge in [-0.1, -0.05) is 12.1 Å². The highest BCUT2D eigenvalue weighted by molar-refractivity contribution is 7.91. The Kier molecular flexibility index (Phi) is 4.81. The topological polar surface area (TPSA) is 118 Å². The fourth-order valence-electron chi connectivity index (χ4n) is 2.78. The molecule has 8 nitrogen and oxygen atoms in total. The Bertz CT molecular complexity index is 1280. The number of hydrogen-bond acceptors (Lipinski definition) is 6. The van der Waals surface area contributed by atoms with Gasteiger partial charge < -0.3 is 5.32 Å². The third-order valence-electron chi connectivity index (χ3n) is 4.43. The molecule has 0 bridgehead atoms. The largest absolute Gasteiger partial charge is 0.348 e. The molecule has 4 rings (SSSR count). The number of H-pyrrole nitrogens is 1. The quantitative estimate of drug-likeness (QED) is 0.525. The number of pyridine rings is 2. The Labute approximate surface area is 166 Å². The van der Waals surface area contributed by atoms with Crippen molar-refractivity contribution in [2.24, 2.45) is 0 Å². The number of amides is 1. The number of benzene rings is 1. The van der Waals surface area contributed by atoms with Crippen molar-refractivity contribution in [2.75, 3.05) is 0 Å². The minimum atomic E-state index is -3.63. The second-order valence-electron chi connectivity index (χ2n) is 6.50. The normalized spacial score (nSPS) is 11.5. The molecule has 0 saturated carbocycles. The Morgan fingerprint density at radius 1 is 1.00 bits per heavy atom. The van der Waals surface area contributed by atoms with Gasteiger partial charge in [0.2, 0.25) is 9.84 Å². The van der Waals surface area contributed by atoms with Gasteiger partial charge in [-0.3, -0.25) is 14.9 Å². The zero-order valence-electron chi connectivity index (χ0n) is 15.5. The van der Waals surface area contributed by atoms with E-state index in [4.69, 9.17) is 0 Å².